The van der Waals surface area contributed by atoms with E-state index in [1.807, 2.05) is 78.9 Å². The number of amides is 1. The van der Waals surface area contributed by atoms with Gasteiger partial charge in [-0.3, -0.25) is 20.1 Å². The maximum absolute atomic E-state index is 11.2. The lowest BCUT2D eigenvalue weighted by Crippen LogP contribution is -2.13. The number of nitrogens with one attached hydrogen (secondary N) is 1. The van der Waals surface area contributed by atoms with Crippen LogP contribution >= 0.6 is 0 Å². The molecule has 0 saturated carbocycles. The second kappa shape index (κ2) is 11.8. The van der Waals surface area contributed by atoms with Crippen molar-refractivity contribution in [2.45, 2.75) is 6.92 Å². The van der Waals surface area contributed by atoms with E-state index < -0.39 is 5.91 Å². The standard InChI is InChI=1S/C14H12N4O.C13H14N2/c1-18-9-12(11-4-6-16-7-5-11)8-13(18)2-3-14(19)17-10-15;1-3-4-13-9-12(10-15(13)2)11-5-7-14-8-6-11/h2-9H,1H3,(H,17,19);3-10H,1-2H3/b3-2+;4-3+. The Kier molecular flexibility index (Phi) is 8.30. The van der Waals surface area contributed by atoms with Crippen LogP contribution < -0.4 is 5.32 Å². The van der Waals surface area contributed by atoms with Gasteiger partial charge in [0.1, 0.15) is 0 Å². The van der Waals surface area contributed by atoms with Gasteiger partial charge in [0.25, 0.3) is 5.91 Å². The molecule has 0 unspecified atom stereocenters. The normalized spacial score (nSPS) is 10.6. The van der Waals surface area contributed by atoms with E-state index in [0.717, 1.165) is 16.8 Å². The van der Waals surface area contributed by atoms with Crippen molar-refractivity contribution in [3.05, 3.63) is 97.1 Å². The van der Waals surface area contributed by atoms with Crippen LogP contribution in [0.3, 0.4) is 0 Å². The predicted molar refractivity (Wildman–Crippen MR) is 135 cm³/mol. The van der Waals surface area contributed by atoms with Gasteiger partial charge in [0.2, 0.25) is 0 Å². The molecule has 4 heterocycles. The summed E-state index contributed by atoms with van der Waals surface area (Å²) in [6.45, 7) is 2.03. The fraction of sp³-hybridized carbons (Fsp3) is 0.111. The molecule has 7 nitrogen and oxygen atoms in total. The number of carbonyl (C=O) groups is 1. The fourth-order valence-corrected chi connectivity index (χ4v) is 3.33. The second-order valence-electron chi connectivity index (χ2n) is 7.44. The van der Waals surface area contributed by atoms with Crippen molar-refractivity contribution in [3.63, 3.8) is 0 Å². The molecule has 0 aliphatic carbocycles. The molecule has 1 amide bonds. The smallest absolute Gasteiger partial charge is 0.257 e. The van der Waals surface area contributed by atoms with Gasteiger partial charge in [-0.15, -0.1) is 0 Å². The molecule has 4 aromatic heterocycles. The van der Waals surface area contributed by atoms with Crippen molar-refractivity contribution >= 4 is 18.1 Å². The second-order valence-corrected chi connectivity index (χ2v) is 7.44. The van der Waals surface area contributed by atoms with Crippen LogP contribution in [-0.2, 0) is 18.9 Å². The van der Waals surface area contributed by atoms with E-state index in [1.54, 1.807) is 24.7 Å². The summed E-state index contributed by atoms with van der Waals surface area (Å²) in [6, 6.07) is 12.0. The third-order valence-electron chi connectivity index (χ3n) is 5.04. The van der Waals surface area contributed by atoms with E-state index in [1.165, 1.54) is 22.9 Å². The summed E-state index contributed by atoms with van der Waals surface area (Å²) >= 11 is 0. The molecule has 0 fully saturated rings. The average Bonchev–Trinajstić information content (AvgIpc) is 3.42. The quantitative estimate of drug-likeness (QED) is 0.268. The number of nitriles is 1. The van der Waals surface area contributed by atoms with Crippen LogP contribution in [0.2, 0.25) is 0 Å². The highest BCUT2D eigenvalue weighted by Gasteiger charge is 2.04. The molecule has 4 aromatic rings. The van der Waals surface area contributed by atoms with Gasteiger partial charge >= 0.3 is 0 Å². The molecule has 7 heteroatoms. The SMILES string of the molecule is C/C=C/c1cc(-c2ccncc2)cn1C.Cn1cc(-c2ccncc2)cc1/C=C/C(=O)NC#N. The van der Waals surface area contributed by atoms with Gasteiger partial charge in [-0.05, 0) is 66.6 Å². The molecule has 1 N–H and O–H groups in total. The van der Waals surface area contributed by atoms with Crippen LogP contribution in [0.1, 0.15) is 18.3 Å². The number of hydrogen-bond donors (Lipinski definition) is 1. The number of hydrogen-bond acceptors (Lipinski definition) is 4. The number of pyridine rings is 2. The van der Waals surface area contributed by atoms with Crippen LogP contribution in [0.25, 0.3) is 34.4 Å². The van der Waals surface area contributed by atoms with Gasteiger partial charge < -0.3 is 9.13 Å². The molecule has 4 rings (SSSR count). The fourth-order valence-electron chi connectivity index (χ4n) is 3.33. The van der Waals surface area contributed by atoms with Gasteiger partial charge in [0.15, 0.2) is 6.19 Å². The Morgan fingerprint density at radius 3 is 1.76 bits per heavy atom. The Morgan fingerprint density at radius 1 is 0.853 bits per heavy atom. The number of rotatable bonds is 5. The molecule has 170 valence electrons. The van der Waals surface area contributed by atoms with Crippen molar-refractivity contribution in [3.8, 4) is 28.4 Å². The maximum Gasteiger partial charge on any atom is 0.257 e. The number of allylic oxidation sites excluding steroid dienone is 1. The van der Waals surface area contributed by atoms with E-state index in [0.29, 0.717) is 0 Å². The van der Waals surface area contributed by atoms with Gasteiger partial charge in [0.05, 0.1) is 0 Å². The largest absolute Gasteiger partial charge is 0.350 e. The minimum absolute atomic E-state index is 0.436. The van der Waals surface area contributed by atoms with Crippen LogP contribution in [0.4, 0.5) is 0 Å². The average molecular weight is 451 g/mol. The molecule has 0 spiro atoms. The molecule has 0 bridgehead atoms. The number of nitrogens with zero attached hydrogens (tertiary/aromatic N) is 5. The molecule has 0 aromatic carbocycles. The van der Waals surface area contributed by atoms with Crippen molar-refractivity contribution in [2.24, 2.45) is 14.1 Å². The summed E-state index contributed by atoms with van der Waals surface area (Å²) < 4.78 is 4.03. The van der Waals surface area contributed by atoms with Crippen LogP contribution in [0.15, 0.2) is 85.7 Å². The van der Waals surface area contributed by atoms with Gasteiger partial charge in [-0.2, -0.15) is 5.26 Å². The molecular formula is C27H26N6O. The van der Waals surface area contributed by atoms with Gasteiger partial charge in [-0.25, -0.2) is 0 Å². The van der Waals surface area contributed by atoms with Crippen LogP contribution in [-0.4, -0.2) is 25.0 Å². The lowest BCUT2D eigenvalue weighted by molar-refractivity contribution is -0.115. The van der Waals surface area contributed by atoms with Crippen LogP contribution in [0, 0.1) is 11.5 Å². The Bertz CT molecular complexity index is 1320. The van der Waals surface area contributed by atoms with E-state index >= 15 is 0 Å². The van der Waals surface area contributed by atoms with Gasteiger partial charge in [0, 0.05) is 79.9 Å². The number of carbonyl (C=O) groups excluding carboxylic acids is 1. The van der Waals surface area contributed by atoms with Crippen molar-refractivity contribution in [2.75, 3.05) is 0 Å². The minimum atomic E-state index is -0.436. The Labute approximate surface area is 199 Å². The van der Waals surface area contributed by atoms with E-state index in [4.69, 9.17) is 5.26 Å². The predicted octanol–water partition coefficient (Wildman–Crippen LogP) is 4.82. The zero-order valence-electron chi connectivity index (χ0n) is 19.4. The highest BCUT2D eigenvalue weighted by Crippen LogP contribution is 2.22. The zero-order chi connectivity index (χ0) is 24.3. The topological polar surface area (TPSA) is 88.5 Å². The Hall–Kier alpha value is -4.70. The third kappa shape index (κ3) is 6.40. The lowest BCUT2D eigenvalue weighted by Gasteiger charge is -1.94. The van der Waals surface area contributed by atoms with Crippen molar-refractivity contribution < 1.29 is 4.79 Å². The summed E-state index contributed by atoms with van der Waals surface area (Å²) in [4.78, 5) is 19.2. The van der Waals surface area contributed by atoms with Gasteiger partial charge in [-0.1, -0.05) is 6.08 Å². The minimum Gasteiger partial charge on any atom is -0.350 e. The molecule has 0 atom stereocenters. The first-order valence-corrected chi connectivity index (χ1v) is 10.6. The first-order valence-electron chi connectivity index (χ1n) is 10.6. The monoisotopic (exact) mass is 450 g/mol. The summed E-state index contributed by atoms with van der Waals surface area (Å²) in [6.07, 6.45) is 19.9. The summed E-state index contributed by atoms with van der Waals surface area (Å²) in [5.74, 6) is -0.436. The highest BCUT2D eigenvalue weighted by molar-refractivity contribution is 5.92. The highest BCUT2D eigenvalue weighted by atomic mass is 16.1. The van der Waals surface area contributed by atoms with E-state index in [-0.39, 0.29) is 0 Å². The first kappa shape index (κ1) is 24.0. The Balaban J connectivity index is 0.000000196. The molecule has 0 aliphatic rings. The van der Waals surface area contributed by atoms with Crippen LogP contribution in [0.5, 0.6) is 0 Å². The molecule has 0 saturated heterocycles. The zero-order valence-corrected chi connectivity index (χ0v) is 19.4. The number of aromatic nitrogens is 4. The summed E-state index contributed by atoms with van der Waals surface area (Å²) in [5, 5.41) is 10.4. The van der Waals surface area contributed by atoms with E-state index in [2.05, 4.69) is 39.9 Å². The van der Waals surface area contributed by atoms with E-state index in [9.17, 15) is 4.79 Å². The lowest BCUT2D eigenvalue weighted by atomic mass is 10.1. The maximum atomic E-state index is 11.2. The summed E-state index contributed by atoms with van der Waals surface area (Å²) in [5.41, 5.74) is 6.63. The number of aryl methyl sites for hydroxylation is 2. The molecule has 0 radical (unpaired) electrons. The van der Waals surface area contributed by atoms with Crippen molar-refractivity contribution in [1.29, 1.82) is 5.26 Å². The summed E-state index contributed by atoms with van der Waals surface area (Å²) in [7, 11) is 3.95. The molecule has 0 aliphatic heterocycles. The third-order valence-corrected chi connectivity index (χ3v) is 5.04. The molecular weight excluding hydrogens is 424 g/mol. The Morgan fingerprint density at radius 2 is 1.32 bits per heavy atom. The first-order chi connectivity index (χ1) is 16.5. The van der Waals surface area contributed by atoms with Crippen molar-refractivity contribution in [1.82, 2.24) is 24.4 Å². The molecule has 34 heavy (non-hydrogen) atoms.